The summed E-state index contributed by atoms with van der Waals surface area (Å²) in [7, 11) is 0. The van der Waals surface area contributed by atoms with Gasteiger partial charge in [-0.1, -0.05) is 79.5 Å². The lowest BCUT2D eigenvalue weighted by atomic mass is 9.74. The summed E-state index contributed by atoms with van der Waals surface area (Å²) in [5.41, 5.74) is 2.99. The number of amides is 1. The Bertz CT molecular complexity index is 1470. The van der Waals surface area contributed by atoms with Crippen LogP contribution in [-0.4, -0.2) is 29.5 Å². The quantitative estimate of drug-likeness (QED) is 0.210. The van der Waals surface area contributed by atoms with E-state index in [0.717, 1.165) is 34.9 Å². The third-order valence-corrected chi connectivity index (χ3v) is 7.11. The van der Waals surface area contributed by atoms with E-state index in [1.165, 1.54) is 18.2 Å². The van der Waals surface area contributed by atoms with E-state index in [9.17, 15) is 22.8 Å². The Morgan fingerprint density at radius 3 is 2.13 bits per heavy atom. The fourth-order valence-electron chi connectivity index (χ4n) is 4.94. The fourth-order valence-corrected chi connectivity index (χ4v) is 5.07. The van der Waals surface area contributed by atoms with Crippen LogP contribution in [0.3, 0.4) is 0 Å². The van der Waals surface area contributed by atoms with Crippen molar-refractivity contribution in [1.29, 1.82) is 0 Å². The van der Waals surface area contributed by atoms with Crippen LogP contribution in [0, 0.1) is 5.82 Å². The highest BCUT2D eigenvalue weighted by molar-refractivity contribution is 6.30. The molecule has 0 bridgehead atoms. The molecule has 0 aliphatic carbocycles. The smallest absolute Gasteiger partial charge is 0.376 e. The monoisotopic (exact) mass is 553 g/mol. The SMILES string of the molecule is CCC[C@H](c1ccc(C(=O)NCC(F)(F)C(=O)O)cc1)C(c1ccc(Cl)cc1)c1ccc(F)c2ccccc12. The van der Waals surface area contributed by atoms with Gasteiger partial charge in [-0.3, -0.25) is 4.79 Å². The highest BCUT2D eigenvalue weighted by Gasteiger charge is 2.39. The number of carboxylic acid groups (broad SMARTS) is 1. The van der Waals surface area contributed by atoms with Crippen LogP contribution in [0.2, 0.25) is 5.02 Å². The first-order valence-corrected chi connectivity index (χ1v) is 12.9. The van der Waals surface area contributed by atoms with Crippen molar-refractivity contribution in [2.45, 2.75) is 37.5 Å². The van der Waals surface area contributed by atoms with E-state index in [2.05, 4.69) is 6.92 Å². The number of carbonyl (C=O) groups is 2. The van der Waals surface area contributed by atoms with Crippen LogP contribution in [0.15, 0.2) is 84.9 Å². The van der Waals surface area contributed by atoms with E-state index in [-0.39, 0.29) is 23.2 Å². The number of nitrogens with one attached hydrogen (secondary N) is 1. The molecule has 0 saturated carbocycles. The minimum Gasteiger partial charge on any atom is -0.477 e. The molecule has 39 heavy (non-hydrogen) atoms. The summed E-state index contributed by atoms with van der Waals surface area (Å²) in [4.78, 5) is 23.1. The van der Waals surface area contributed by atoms with E-state index in [0.29, 0.717) is 10.4 Å². The second-order valence-corrected chi connectivity index (χ2v) is 9.86. The summed E-state index contributed by atoms with van der Waals surface area (Å²) in [6, 6.07) is 24.8. The molecule has 1 amide bonds. The fraction of sp³-hybridized carbons (Fsp3) is 0.226. The standard InChI is InChI=1S/C31H27ClF3NO3/c1-2-5-23(19-8-10-21(11-9-19)29(37)36-18-31(34,35)30(38)39)28(20-12-14-22(32)15-13-20)26-16-17-27(33)25-7-4-3-6-24(25)26/h3-4,6-17,23,28H,2,5,18H2,1H3,(H,36,37)(H,38,39)/t23-,28?/m1/s1. The predicted molar refractivity (Wildman–Crippen MR) is 146 cm³/mol. The Hall–Kier alpha value is -3.84. The molecule has 1 unspecified atom stereocenters. The van der Waals surface area contributed by atoms with Crippen molar-refractivity contribution in [3.05, 3.63) is 118 Å². The van der Waals surface area contributed by atoms with Crippen molar-refractivity contribution in [2.75, 3.05) is 6.54 Å². The molecule has 2 atom stereocenters. The number of fused-ring (bicyclic) bond motifs is 1. The molecule has 4 nitrogen and oxygen atoms in total. The number of benzene rings is 4. The molecule has 8 heteroatoms. The Morgan fingerprint density at radius 2 is 1.51 bits per heavy atom. The van der Waals surface area contributed by atoms with Gasteiger partial charge in [-0.2, -0.15) is 8.78 Å². The first-order valence-electron chi connectivity index (χ1n) is 12.5. The minimum atomic E-state index is -4.06. The molecule has 0 aliphatic heterocycles. The summed E-state index contributed by atoms with van der Waals surface area (Å²) in [6.45, 7) is 0.761. The van der Waals surface area contributed by atoms with Crippen molar-refractivity contribution in [3.8, 4) is 0 Å². The lowest BCUT2D eigenvalue weighted by Gasteiger charge is -2.30. The van der Waals surface area contributed by atoms with Crippen LogP contribution in [0.5, 0.6) is 0 Å². The molecular weight excluding hydrogens is 527 g/mol. The summed E-state index contributed by atoms with van der Waals surface area (Å²) in [5, 5.41) is 12.5. The van der Waals surface area contributed by atoms with Gasteiger partial charge in [0, 0.05) is 21.9 Å². The van der Waals surface area contributed by atoms with Crippen LogP contribution in [0.1, 0.15) is 58.6 Å². The molecule has 0 saturated heterocycles. The summed E-state index contributed by atoms with van der Waals surface area (Å²) in [6.07, 6.45) is 1.62. The molecule has 0 fully saturated rings. The van der Waals surface area contributed by atoms with E-state index in [4.69, 9.17) is 16.7 Å². The molecule has 0 heterocycles. The lowest BCUT2D eigenvalue weighted by Crippen LogP contribution is -2.42. The number of carbonyl (C=O) groups excluding carboxylic acids is 1. The van der Waals surface area contributed by atoms with E-state index < -0.39 is 24.3 Å². The summed E-state index contributed by atoms with van der Waals surface area (Å²) < 4.78 is 41.5. The highest BCUT2D eigenvalue weighted by Crippen LogP contribution is 2.44. The minimum absolute atomic E-state index is 0.0708. The number of rotatable bonds is 10. The molecule has 0 spiro atoms. The number of alkyl halides is 2. The van der Waals surface area contributed by atoms with Crippen molar-refractivity contribution in [2.24, 2.45) is 0 Å². The second kappa shape index (κ2) is 11.9. The van der Waals surface area contributed by atoms with Gasteiger partial charge in [0.15, 0.2) is 0 Å². The number of hydrogen-bond donors (Lipinski definition) is 2. The Labute approximate surface area is 229 Å². The summed E-state index contributed by atoms with van der Waals surface area (Å²) >= 11 is 6.19. The molecule has 202 valence electrons. The maximum Gasteiger partial charge on any atom is 0.376 e. The highest BCUT2D eigenvalue weighted by atomic mass is 35.5. The number of halogens is 4. The predicted octanol–water partition coefficient (Wildman–Crippen LogP) is 7.80. The van der Waals surface area contributed by atoms with Crippen molar-refractivity contribution < 1.29 is 27.9 Å². The first kappa shape index (κ1) is 28.2. The van der Waals surface area contributed by atoms with Gasteiger partial charge in [-0.05, 0) is 64.7 Å². The zero-order chi connectivity index (χ0) is 28.2. The van der Waals surface area contributed by atoms with Crippen LogP contribution < -0.4 is 5.32 Å². The van der Waals surface area contributed by atoms with Crippen molar-refractivity contribution in [3.63, 3.8) is 0 Å². The normalized spacial score (nSPS) is 13.2. The van der Waals surface area contributed by atoms with Gasteiger partial charge in [0.1, 0.15) is 5.82 Å². The second-order valence-electron chi connectivity index (χ2n) is 9.42. The van der Waals surface area contributed by atoms with Gasteiger partial charge in [-0.25, -0.2) is 9.18 Å². The molecule has 0 aliphatic rings. The van der Waals surface area contributed by atoms with Gasteiger partial charge in [0.05, 0.1) is 6.54 Å². The van der Waals surface area contributed by atoms with Gasteiger partial charge in [-0.15, -0.1) is 0 Å². The third-order valence-electron chi connectivity index (χ3n) is 6.86. The topological polar surface area (TPSA) is 66.4 Å². The van der Waals surface area contributed by atoms with Crippen molar-refractivity contribution in [1.82, 2.24) is 5.32 Å². The molecule has 0 aromatic heterocycles. The first-order chi connectivity index (χ1) is 18.6. The molecule has 4 rings (SSSR count). The molecule has 2 N–H and O–H groups in total. The maximum absolute atomic E-state index is 14.7. The van der Waals surface area contributed by atoms with Gasteiger partial charge >= 0.3 is 11.9 Å². The molecule has 4 aromatic carbocycles. The van der Waals surface area contributed by atoms with Crippen LogP contribution >= 0.6 is 11.6 Å². The number of carboxylic acids is 1. The zero-order valence-corrected chi connectivity index (χ0v) is 21.9. The summed E-state index contributed by atoms with van der Waals surface area (Å²) in [5.74, 6) is -7.72. The third kappa shape index (κ3) is 6.25. The van der Waals surface area contributed by atoms with E-state index in [1.54, 1.807) is 24.3 Å². The zero-order valence-electron chi connectivity index (χ0n) is 21.1. The van der Waals surface area contributed by atoms with Crippen molar-refractivity contribution >= 4 is 34.2 Å². The number of aliphatic carboxylic acids is 1. The van der Waals surface area contributed by atoms with Gasteiger partial charge in [0.25, 0.3) is 5.91 Å². The maximum atomic E-state index is 14.7. The molecule has 0 radical (unpaired) electrons. The Morgan fingerprint density at radius 1 is 0.897 bits per heavy atom. The number of hydrogen-bond acceptors (Lipinski definition) is 2. The molecule has 4 aromatic rings. The van der Waals surface area contributed by atoms with E-state index >= 15 is 0 Å². The van der Waals surface area contributed by atoms with Crippen LogP contribution in [-0.2, 0) is 4.79 Å². The average Bonchev–Trinajstić information content (AvgIpc) is 2.93. The van der Waals surface area contributed by atoms with Gasteiger partial charge in [0.2, 0.25) is 0 Å². The average molecular weight is 554 g/mol. The Balaban J connectivity index is 1.74. The largest absolute Gasteiger partial charge is 0.477 e. The van der Waals surface area contributed by atoms with Gasteiger partial charge < -0.3 is 10.4 Å². The van der Waals surface area contributed by atoms with Crippen LogP contribution in [0.4, 0.5) is 13.2 Å². The molecular formula is C31H27ClF3NO3. The van der Waals surface area contributed by atoms with Crippen LogP contribution in [0.25, 0.3) is 10.8 Å². The lowest BCUT2D eigenvalue weighted by molar-refractivity contribution is -0.163. The Kier molecular flexibility index (Phi) is 8.60. The van der Waals surface area contributed by atoms with E-state index in [1.807, 2.05) is 47.8 Å².